The van der Waals surface area contributed by atoms with Crippen molar-refractivity contribution in [2.75, 3.05) is 0 Å². The van der Waals surface area contributed by atoms with Crippen LogP contribution < -0.4 is 0 Å². The molecule has 88 valence electrons. The number of aromatic nitrogens is 1. The van der Waals surface area contributed by atoms with Crippen LogP contribution in [0.4, 0.5) is 0 Å². The Morgan fingerprint density at radius 1 is 1.31 bits per heavy atom. The summed E-state index contributed by atoms with van der Waals surface area (Å²) in [6, 6.07) is 5.65. The quantitative estimate of drug-likeness (QED) is 0.748. The van der Waals surface area contributed by atoms with Gasteiger partial charge in [-0.25, -0.2) is 4.98 Å². The van der Waals surface area contributed by atoms with E-state index in [2.05, 4.69) is 11.9 Å². The molecule has 1 fully saturated rings. The molecule has 0 unspecified atom stereocenters. The van der Waals surface area contributed by atoms with Gasteiger partial charge in [0.1, 0.15) is 5.15 Å². The van der Waals surface area contributed by atoms with Crippen LogP contribution in [0.3, 0.4) is 0 Å². The molecule has 0 radical (unpaired) electrons. The molecule has 0 N–H and O–H groups in total. The normalized spacial score (nSPS) is 25.6. The lowest BCUT2D eigenvalue weighted by Gasteiger charge is -2.26. The van der Waals surface area contributed by atoms with Gasteiger partial charge in [-0.2, -0.15) is 0 Å². The molecule has 1 aliphatic carbocycles. The highest BCUT2D eigenvalue weighted by Crippen LogP contribution is 2.26. The topological polar surface area (TPSA) is 22.1 Å². The van der Waals surface area contributed by atoms with Crippen molar-refractivity contribution in [2.45, 2.75) is 45.3 Å². The molecule has 16 heavy (non-hydrogen) atoms. The van der Waals surface area contributed by atoms with Crippen LogP contribution in [-0.2, 0) is 11.3 Å². The second-order valence-electron chi connectivity index (χ2n) is 4.64. The van der Waals surface area contributed by atoms with Crippen molar-refractivity contribution in [2.24, 2.45) is 5.92 Å². The second kappa shape index (κ2) is 5.65. The zero-order chi connectivity index (χ0) is 11.4. The van der Waals surface area contributed by atoms with Crippen LogP contribution >= 0.6 is 11.6 Å². The van der Waals surface area contributed by atoms with Crippen LogP contribution in [0, 0.1) is 5.92 Å². The van der Waals surface area contributed by atoms with E-state index >= 15 is 0 Å². The molecule has 0 spiro atoms. The molecule has 2 nitrogen and oxygen atoms in total. The highest BCUT2D eigenvalue weighted by Gasteiger charge is 2.18. The number of hydrogen-bond donors (Lipinski definition) is 0. The first-order valence-corrected chi connectivity index (χ1v) is 6.35. The first kappa shape index (κ1) is 11.9. The lowest BCUT2D eigenvalue weighted by Crippen LogP contribution is -2.20. The number of rotatable bonds is 3. The molecular weight excluding hydrogens is 222 g/mol. The summed E-state index contributed by atoms with van der Waals surface area (Å²) in [4.78, 5) is 4.21. The van der Waals surface area contributed by atoms with E-state index in [9.17, 15) is 0 Å². The molecule has 1 aromatic rings. The van der Waals surface area contributed by atoms with Gasteiger partial charge in [0.25, 0.3) is 0 Å². The zero-order valence-electron chi connectivity index (χ0n) is 9.66. The molecule has 0 aliphatic heterocycles. The minimum absolute atomic E-state index is 0.414. The molecule has 0 bridgehead atoms. The Labute approximate surface area is 102 Å². The van der Waals surface area contributed by atoms with Crippen LogP contribution in [0.5, 0.6) is 0 Å². The van der Waals surface area contributed by atoms with Crippen molar-refractivity contribution in [1.29, 1.82) is 0 Å². The van der Waals surface area contributed by atoms with E-state index in [1.54, 1.807) is 6.07 Å². The zero-order valence-corrected chi connectivity index (χ0v) is 10.4. The van der Waals surface area contributed by atoms with Crippen LogP contribution in [0.1, 0.15) is 38.3 Å². The molecule has 0 aromatic carbocycles. The summed E-state index contributed by atoms with van der Waals surface area (Å²) in [5.74, 6) is 0.865. The summed E-state index contributed by atoms with van der Waals surface area (Å²) in [5.41, 5.74) is 0.922. The van der Waals surface area contributed by atoms with E-state index in [4.69, 9.17) is 16.3 Å². The lowest BCUT2D eigenvalue weighted by atomic mass is 9.89. The Hall–Kier alpha value is -0.600. The lowest BCUT2D eigenvalue weighted by molar-refractivity contribution is 0.00729. The third-order valence-electron chi connectivity index (χ3n) is 3.20. The molecule has 1 heterocycles. The molecule has 2 rings (SSSR count). The van der Waals surface area contributed by atoms with Crippen LogP contribution in [0.15, 0.2) is 18.2 Å². The average Bonchev–Trinajstić information content (AvgIpc) is 2.28. The average molecular weight is 240 g/mol. The van der Waals surface area contributed by atoms with Gasteiger partial charge in [-0.3, -0.25) is 0 Å². The SMILES string of the molecule is CC1CCC(OCc2cccc(Cl)n2)CC1. The molecular formula is C13H18ClNO. The summed E-state index contributed by atoms with van der Waals surface area (Å²) < 4.78 is 5.85. The fraction of sp³-hybridized carbons (Fsp3) is 0.615. The summed E-state index contributed by atoms with van der Waals surface area (Å²) in [7, 11) is 0. The monoisotopic (exact) mass is 239 g/mol. The Bertz CT molecular complexity index is 334. The highest BCUT2D eigenvalue weighted by molar-refractivity contribution is 6.29. The van der Waals surface area contributed by atoms with Gasteiger partial charge in [-0.05, 0) is 43.7 Å². The van der Waals surface area contributed by atoms with Crippen molar-refractivity contribution in [3.05, 3.63) is 29.0 Å². The van der Waals surface area contributed by atoms with E-state index < -0.39 is 0 Å². The van der Waals surface area contributed by atoms with Gasteiger partial charge in [0.2, 0.25) is 0 Å². The summed E-state index contributed by atoms with van der Waals surface area (Å²) in [5, 5.41) is 0.540. The number of ether oxygens (including phenoxy) is 1. The minimum atomic E-state index is 0.414. The van der Waals surface area contributed by atoms with Gasteiger partial charge in [0.05, 0.1) is 18.4 Å². The van der Waals surface area contributed by atoms with Gasteiger partial charge < -0.3 is 4.74 Å². The van der Waals surface area contributed by atoms with Gasteiger partial charge >= 0.3 is 0 Å². The number of nitrogens with zero attached hydrogens (tertiary/aromatic N) is 1. The summed E-state index contributed by atoms with van der Waals surface area (Å²) in [6.45, 7) is 2.90. The van der Waals surface area contributed by atoms with Crippen LogP contribution in [-0.4, -0.2) is 11.1 Å². The largest absolute Gasteiger partial charge is 0.372 e. The summed E-state index contributed by atoms with van der Waals surface area (Å²) in [6.07, 6.45) is 5.35. The van der Waals surface area contributed by atoms with Gasteiger partial charge in [0, 0.05) is 0 Å². The van der Waals surface area contributed by atoms with Crippen molar-refractivity contribution in [3.63, 3.8) is 0 Å². The first-order valence-electron chi connectivity index (χ1n) is 5.97. The van der Waals surface area contributed by atoms with Gasteiger partial charge in [0.15, 0.2) is 0 Å². The van der Waals surface area contributed by atoms with E-state index in [0.29, 0.717) is 17.9 Å². The fourth-order valence-corrected chi connectivity index (χ4v) is 2.31. The van der Waals surface area contributed by atoms with Crippen molar-refractivity contribution in [3.8, 4) is 0 Å². The van der Waals surface area contributed by atoms with E-state index in [0.717, 1.165) is 11.6 Å². The Kier molecular flexibility index (Phi) is 4.19. The minimum Gasteiger partial charge on any atom is -0.372 e. The molecule has 0 saturated heterocycles. The number of hydrogen-bond acceptors (Lipinski definition) is 2. The van der Waals surface area contributed by atoms with Crippen LogP contribution in [0.2, 0.25) is 5.15 Å². The molecule has 0 amide bonds. The Balaban J connectivity index is 1.79. The third kappa shape index (κ3) is 3.46. The number of pyridine rings is 1. The van der Waals surface area contributed by atoms with E-state index in [-0.39, 0.29) is 0 Å². The molecule has 1 aromatic heterocycles. The fourth-order valence-electron chi connectivity index (χ4n) is 2.13. The van der Waals surface area contributed by atoms with Crippen LogP contribution in [0.25, 0.3) is 0 Å². The maximum absolute atomic E-state index is 5.85. The standard InChI is InChI=1S/C13H18ClNO/c1-10-5-7-12(8-6-10)16-9-11-3-2-4-13(14)15-11/h2-4,10,12H,5-9H2,1H3. The van der Waals surface area contributed by atoms with Gasteiger partial charge in [-0.1, -0.05) is 24.6 Å². The second-order valence-corrected chi connectivity index (χ2v) is 5.03. The van der Waals surface area contributed by atoms with Crippen molar-refractivity contribution < 1.29 is 4.74 Å². The molecule has 1 saturated carbocycles. The Morgan fingerprint density at radius 2 is 2.06 bits per heavy atom. The summed E-state index contributed by atoms with van der Waals surface area (Å²) >= 11 is 5.82. The maximum atomic E-state index is 5.85. The molecule has 3 heteroatoms. The number of halogens is 1. The van der Waals surface area contributed by atoms with Crippen molar-refractivity contribution >= 4 is 11.6 Å². The van der Waals surface area contributed by atoms with E-state index in [1.807, 2.05) is 12.1 Å². The molecule has 1 aliphatic rings. The first-order chi connectivity index (χ1) is 7.74. The highest BCUT2D eigenvalue weighted by atomic mass is 35.5. The third-order valence-corrected chi connectivity index (χ3v) is 3.41. The predicted octanol–water partition coefficient (Wildman–Crippen LogP) is 3.83. The maximum Gasteiger partial charge on any atom is 0.129 e. The predicted molar refractivity (Wildman–Crippen MR) is 65.5 cm³/mol. The smallest absolute Gasteiger partial charge is 0.129 e. The molecule has 0 atom stereocenters. The van der Waals surface area contributed by atoms with Gasteiger partial charge in [-0.15, -0.1) is 0 Å². The van der Waals surface area contributed by atoms with E-state index in [1.165, 1.54) is 25.7 Å². The Morgan fingerprint density at radius 3 is 2.75 bits per heavy atom. The van der Waals surface area contributed by atoms with Crippen molar-refractivity contribution in [1.82, 2.24) is 4.98 Å².